The smallest absolute Gasteiger partial charge is 0.105 e. The molecule has 1 saturated heterocycles. The summed E-state index contributed by atoms with van der Waals surface area (Å²) in [7, 11) is 0. The molecule has 3 rings (SSSR count). The van der Waals surface area contributed by atoms with Crippen LogP contribution in [-0.4, -0.2) is 37.3 Å². The molecular formula is C20H24INO2. The first kappa shape index (κ1) is 17.9. The van der Waals surface area contributed by atoms with Crippen LogP contribution in [0.5, 0.6) is 0 Å². The van der Waals surface area contributed by atoms with Gasteiger partial charge in [-0.1, -0.05) is 83.3 Å². The van der Waals surface area contributed by atoms with Crippen LogP contribution in [0.4, 0.5) is 0 Å². The minimum Gasteiger partial charge on any atom is -0.386 e. The van der Waals surface area contributed by atoms with Gasteiger partial charge in [0.2, 0.25) is 0 Å². The summed E-state index contributed by atoms with van der Waals surface area (Å²) in [4.78, 5) is 2.28. The van der Waals surface area contributed by atoms with Gasteiger partial charge in [-0.25, -0.2) is 0 Å². The van der Waals surface area contributed by atoms with Gasteiger partial charge in [-0.2, -0.15) is 0 Å². The Hall–Kier alpha value is -0.950. The molecule has 0 amide bonds. The Morgan fingerprint density at radius 2 is 1.62 bits per heavy atom. The molecule has 4 heteroatoms. The third-order valence-electron chi connectivity index (χ3n) is 5.12. The van der Waals surface area contributed by atoms with Crippen molar-refractivity contribution in [2.24, 2.45) is 0 Å². The van der Waals surface area contributed by atoms with Gasteiger partial charge in [0, 0.05) is 23.6 Å². The van der Waals surface area contributed by atoms with E-state index in [2.05, 4.69) is 51.8 Å². The number of rotatable bonds is 4. The maximum absolute atomic E-state index is 11.0. The van der Waals surface area contributed by atoms with Crippen LogP contribution >= 0.6 is 22.6 Å². The van der Waals surface area contributed by atoms with Crippen molar-refractivity contribution in [3.8, 4) is 0 Å². The number of nitrogens with zero attached hydrogens (tertiary/aromatic N) is 1. The molecule has 1 aliphatic rings. The lowest BCUT2D eigenvalue weighted by molar-refractivity contribution is -0.183. The highest BCUT2D eigenvalue weighted by Gasteiger charge is 2.52. The molecule has 2 aromatic rings. The summed E-state index contributed by atoms with van der Waals surface area (Å²) >= 11 is 2.18. The highest BCUT2D eigenvalue weighted by Crippen LogP contribution is 2.43. The van der Waals surface area contributed by atoms with Crippen molar-refractivity contribution in [3.05, 3.63) is 71.8 Å². The molecule has 1 heterocycles. The predicted octanol–water partition coefficient (Wildman–Crippen LogP) is 3.55. The van der Waals surface area contributed by atoms with E-state index in [1.807, 2.05) is 36.4 Å². The van der Waals surface area contributed by atoms with E-state index in [-0.39, 0.29) is 6.04 Å². The summed E-state index contributed by atoms with van der Waals surface area (Å²) in [6.07, 6.45) is 0.528. The predicted molar refractivity (Wildman–Crippen MR) is 105 cm³/mol. The molecule has 1 aliphatic heterocycles. The average molecular weight is 437 g/mol. The number of β-amino-alcohol motifs (C(OH)–C–C–N with tert-alkyl or cyclic N) is 1. The Morgan fingerprint density at radius 1 is 1.04 bits per heavy atom. The van der Waals surface area contributed by atoms with Crippen LogP contribution in [0.3, 0.4) is 0 Å². The van der Waals surface area contributed by atoms with E-state index < -0.39 is 11.2 Å². The lowest BCUT2D eigenvalue weighted by atomic mass is 9.74. The summed E-state index contributed by atoms with van der Waals surface area (Å²) in [6, 6.07) is 20.7. The fraction of sp³-hybridized carbons (Fsp3) is 0.400. The van der Waals surface area contributed by atoms with Crippen molar-refractivity contribution in [1.29, 1.82) is 0 Å². The van der Waals surface area contributed by atoms with Gasteiger partial charge in [0.15, 0.2) is 0 Å². The zero-order valence-electron chi connectivity index (χ0n) is 13.9. The average Bonchev–Trinajstić information content (AvgIpc) is 2.59. The van der Waals surface area contributed by atoms with E-state index in [9.17, 15) is 10.2 Å². The van der Waals surface area contributed by atoms with E-state index in [4.69, 9.17) is 0 Å². The highest BCUT2D eigenvalue weighted by atomic mass is 127. The maximum Gasteiger partial charge on any atom is 0.105 e. The molecule has 0 aromatic heterocycles. The fourth-order valence-corrected chi connectivity index (χ4v) is 4.64. The van der Waals surface area contributed by atoms with E-state index in [0.29, 0.717) is 17.4 Å². The summed E-state index contributed by atoms with van der Waals surface area (Å²) in [6.45, 7) is 2.96. The van der Waals surface area contributed by atoms with Gasteiger partial charge in [0.25, 0.3) is 0 Å². The summed E-state index contributed by atoms with van der Waals surface area (Å²) in [5, 5.41) is 21.9. The number of halogens is 1. The second kappa shape index (κ2) is 7.12. The Labute approximate surface area is 157 Å². The largest absolute Gasteiger partial charge is 0.386 e. The number of alkyl halides is 1. The molecule has 0 aliphatic carbocycles. The van der Waals surface area contributed by atoms with E-state index in [1.54, 1.807) is 6.92 Å². The Kier molecular flexibility index (Phi) is 5.30. The number of hydrogen-bond acceptors (Lipinski definition) is 3. The lowest BCUT2D eigenvalue weighted by Crippen LogP contribution is -2.64. The van der Waals surface area contributed by atoms with Crippen molar-refractivity contribution in [2.75, 3.05) is 11.0 Å². The van der Waals surface area contributed by atoms with Crippen LogP contribution in [0.25, 0.3) is 0 Å². The third-order valence-corrected chi connectivity index (χ3v) is 6.38. The first-order valence-corrected chi connectivity index (χ1v) is 9.81. The Balaban J connectivity index is 1.94. The standard InChI is InChI=1S/C20H24INO2/c1-19(23)15-22(13-16-8-4-2-5-9-16)18(12-20(19,24)14-21)17-10-6-3-7-11-17/h2-11,18,23-24H,12-15H2,1H3/t18-,19-,20-/m0/s1. The zero-order valence-corrected chi connectivity index (χ0v) is 16.1. The summed E-state index contributed by atoms with van der Waals surface area (Å²) in [5.74, 6) is 0. The van der Waals surface area contributed by atoms with Gasteiger partial charge < -0.3 is 10.2 Å². The number of aliphatic hydroxyl groups is 2. The Morgan fingerprint density at radius 3 is 2.21 bits per heavy atom. The van der Waals surface area contributed by atoms with Crippen molar-refractivity contribution in [2.45, 2.75) is 37.1 Å². The first-order chi connectivity index (χ1) is 11.5. The SMILES string of the molecule is C[C@]1(O)CN(Cc2ccccc2)[C@H](c2ccccc2)C[C@]1(O)CI. The number of benzene rings is 2. The quantitative estimate of drug-likeness (QED) is 0.568. The molecule has 0 spiro atoms. The molecule has 0 bridgehead atoms. The Bertz CT molecular complexity index is 662. The van der Waals surface area contributed by atoms with Crippen LogP contribution in [0.2, 0.25) is 0 Å². The molecule has 0 saturated carbocycles. The van der Waals surface area contributed by atoms with Gasteiger partial charge in [-0.15, -0.1) is 0 Å². The molecular weight excluding hydrogens is 413 g/mol. The number of hydrogen-bond donors (Lipinski definition) is 2. The minimum absolute atomic E-state index is 0.0893. The second-order valence-electron chi connectivity index (χ2n) is 6.96. The van der Waals surface area contributed by atoms with Crippen molar-refractivity contribution >= 4 is 22.6 Å². The van der Waals surface area contributed by atoms with E-state index in [0.717, 1.165) is 6.54 Å². The van der Waals surface area contributed by atoms with Crippen LogP contribution in [0.15, 0.2) is 60.7 Å². The molecule has 2 aromatic carbocycles. The molecule has 0 radical (unpaired) electrons. The fourth-order valence-electron chi connectivity index (χ4n) is 3.51. The van der Waals surface area contributed by atoms with Gasteiger partial charge in [0.1, 0.15) is 11.2 Å². The third kappa shape index (κ3) is 3.52. The summed E-state index contributed by atoms with van der Waals surface area (Å²) in [5.41, 5.74) is 0.191. The highest BCUT2D eigenvalue weighted by molar-refractivity contribution is 14.1. The molecule has 3 atom stereocenters. The molecule has 3 nitrogen and oxygen atoms in total. The maximum atomic E-state index is 11.0. The minimum atomic E-state index is -1.13. The number of piperidine rings is 1. The molecule has 128 valence electrons. The van der Waals surface area contributed by atoms with Crippen LogP contribution in [0.1, 0.15) is 30.5 Å². The van der Waals surface area contributed by atoms with Crippen molar-refractivity contribution < 1.29 is 10.2 Å². The summed E-state index contributed by atoms with van der Waals surface area (Å²) < 4.78 is 0.514. The molecule has 24 heavy (non-hydrogen) atoms. The van der Waals surface area contributed by atoms with Crippen LogP contribution < -0.4 is 0 Å². The van der Waals surface area contributed by atoms with Gasteiger partial charge >= 0.3 is 0 Å². The van der Waals surface area contributed by atoms with Gasteiger partial charge in [-0.05, 0) is 24.5 Å². The van der Waals surface area contributed by atoms with Crippen molar-refractivity contribution in [1.82, 2.24) is 4.90 Å². The topological polar surface area (TPSA) is 43.7 Å². The van der Waals surface area contributed by atoms with Crippen LogP contribution in [0, 0.1) is 0 Å². The number of likely N-dealkylation sites (tertiary alicyclic amines) is 1. The molecule has 2 N–H and O–H groups in total. The van der Waals surface area contributed by atoms with Crippen molar-refractivity contribution in [3.63, 3.8) is 0 Å². The van der Waals surface area contributed by atoms with Gasteiger partial charge in [0.05, 0.1) is 0 Å². The molecule has 0 unspecified atom stereocenters. The van der Waals surface area contributed by atoms with E-state index in [1.165, 1.54) is 11.1 Å². The molecule has 1 fully saturated rings. The lowest BCUT2D eigenvalue weighted by Gasteiger charge is -2.52. The van der Waals surface area contributed by atoms with Crippen LogP contribution in [-0.2, 0) is 6.54 Å². The first-order valence-electron chi connectivity index (χ1n) is 8.29. The zero-order chi connectivity index (χ0) is 17.2. The van der Waals surface area contributed by atoms with Gasteiger partial charge in [-0.3, -0.25) is 4.90 Å². The second-order valence-corrected chi connectivity index (χ2v) is 7.72. The van der Waals surface area contributed by atoms with E-state index >= 15 is 0 Å². The monoisotopic (exact) mass is 437 g/mol. The normalized spacial score (nSPS) is 31.1.